The highest BCUT2D eigenvalue weighted by Crippen LogP contribution is 2.67. The minimum atomic E-state index is -2.96. The van der Waals surface area contributed by atoms with Crippen LogP contribution in [0.15, 0.2) is 191 Å². The zero-order chi connectivity index (χ0) is 59.7. The van der Waals surface area contributed by atoms with E-state index in [1.54, 1.807) is 158 Å². The highest BCUT2D eigenvalue weighted by atomic mass is 32.1. The van der Waals surface area contributed by atoms with Gasteiger partial charge in [0.2, 0.25) is 32.7 Å². The summed E-state index contributed by atoms with van der Waals surface area (Å²) in [6.07, 6.45) is 0. The van der Waals surface area contributed by atoms with Gasteiger partial charge in [-0.3, -0.25) is 28.8 Å². The average Bonchev–Trinajstić information content (AvgIpc) is 1.49. The maximum absolute atomic E-state index is 16.1. The van der Waals surface area contributed by atoms with Crippen LogP contribution in [0.5, 0.6) is 0 Å². The van der Waals surface area contributed by atoms with Gasteiger partial charge in [0.25, 0.3) is 0 Å². The summed E-state index contributed by atoms with van der Waals surface area (Å²) in [7, 11) is 0. The zero-order valence-corrected chi connectivity index (χ0v) is 46.1. The van der Waals surface area contributed by atoms with Crippen LogP contribution < -0.4 is 0 Å². The Morgan fingerprint density at radius 1 is 0.407 bits per heavy atom. The Labute approximate surface area is 496 Å². The first kappa shape index (κ1) is 54.9. The van der Waals surface area contributed by atoms with Crippen molar-refractivity contribution in [2.45, 2.75) is 37.3 Å². The number of carbonyl (C=O) groups excluding carboxylic acids is 6. The summed E-state index contributed by atoms with van der Waals surface area (Å²) in [5.41, 5.74) is -7.03. The summed E-state index contributed by atoms with van der Waals surface area (Å²) in [5, 5.41) is 40.3. The van der Waals surface area contributed by atoms with Gasteiger partial charge in [0.05, 0.1) is 21.1 Å². The zero-order valence-electron chi connectivity index (χ0n) is 44.5. The van der Waals surface area contributed by atoms with Crippen LogP contribution in [0.1, 0.15) is 75.2 Å². The van der Waals surface area contributed by atoms with Crippen LogP contribution in [0.3, 0.4) is 0 Å². The molecule has 2 aromatic heterocycles. The Morgan fingerprint density at radius 3 is 0.953 bits per heavy atom. The van der Waals surface area contributed by atoms with Gasteiger partial charge >= 0.3 is 23.9 Å². The topological polar surface area (TPSA) is 285 Å². The summed E-state index contributed by atoms with van der Waals surface area (Å²) in [5.74, 6) is -6.70. The summed E-state index contributed by atoms with van der Waals surface area (Å²) in [4.78, 5) is 112. The molecule has 0 saturated carbocycles. The van der Waals surface area contributed by atoms with Crippen LogP contribution in [0.25, 0.3) is 22.3 Å². The molecule has 0 spiro atoms. The number of ketones is 2. The number of thiazole rings is 2. The van der Waals surface area contributed by atoms with E-state index in [1.165, 1.54) is 12.1 Å². The fourth-order valence-electron chi connectivity index (χ4n) is 10.7. The van der Waals surface area contributed by atoms with E-state index in [0.717, 1.165) is 0 Å². The van der Waals surface area contributed by atoms with Crippen molar-refractivity contribution in [1.29, 1.82) is 21.0 Å². The van der Waals surface area contributed by atoms with Gasteiger partial charge in [0, 0.05) is 33.4 Å². The second kappa shape index (κ2) is 22.6. The number of allylic oxidation sites excluding steroid dienone is 4. The molecule has 0 N–H and O–H groups in total. The van der Waals surface area contributed by atoms with E-state index in [4.69, 9.17) is 38.9 Å². The van der Waals surface area contributed by atoms with E-state index in [0.29, 0.717) is 44.9 Å². The number of aromatic nitrogens is 2. The van der Waals surface area contributed by atoms with Gasteiger partial charge in [0.1, 0.15) is 73.3 Å². The quantitative estimate of drug-likeness (QED) is 0.0423. The summed E-state index contributed by atoms with van der Waals surface area (Å²) in [6.45, 7) is -1.81. The summed E-state index contributed by atoms with van der Waals surface area (Å²) in [6, 6.07) is 53.8. The van der Waals surface area contributed by atoms with Gasteiger partial charge in [-0.05, 0) is 33.4 Å². The molecule has 86 heavy (non-hydrogen) atoms. The Kier molecular flexibility index (Phi) is 14.4. The van der Waals surface area contributed by atoms with Crippen LogP contribution in [0.2, 0.25) is 0 Å². The maximum atomic E-state index is 16.1. The fourth-order valence-corrected chi connectivity index (χ4v) is 13.0. The third-order valence-corrected chi connectivity index (χ3v) is 16.6. The highest BCUT2D eigenvalue weighted by molar-refractivity contribution is 7.18. The Hall–Kier alpha value is -11.7. The van der Waals surface area contributed by atoms with E-state index in [1.807, 2.05) is 24.3 Å². The molecule has 8 aromatic rings. The monoisotopic (exact) mass is 1160 g/mol. The summed E-state index contributed by atoms with van der Waals surface area (Å²) >= 11 is 1.28. The van der Waals surface area contributed by atoms with Crippen molar-refractivity contribution in [2.75, 3.05) is 0 Å². The number of nitrogens with zero attached hydrogens (tertiary/aromatic N) is 8. The largest absolute Gasteiger partial charge is 0.459 e. The van der Waals surface area contributed by atoms with Crippen LogP contribution in [-0.4, -0.2) is 56.8 Å². The number of hydrogen-bond donors (Lipinski definition) is 0. The van der Waals surface area contributed by atoms with Gasteiger partial charge < -0.3 is 18.9 Å². The van der Waals surface area contributed by atoms with Crippen molar-refractivity contribution >= 4 is 102 Å². The first-order valence-corrected chi connectivity index (χ1v) is 27.8. The molecule has 6 aromatic carbocycles. The lowest BCUT2D eigenvalue weighted by atomic mass is 9.79. The lowest BCUT2D eigenvalue weighted by Gasteiger charge is -2.27. The molecule has 2 heterocycles. The SMILES string of the molecule is N#CC(C#N)=C1C(=Nc2nc3c(s2)C2=C(c4sc(N=C5C(=O)c6ccccc6C5=C(C#N)C#N)nc4C2(C(=O)OCc2ccccc2)C(=O)OCc2ccccc2)C3(C(=O)OCc2ccccc2)C(=O)OCc2ccccc2)C(=O)c2ccccc21. The normalized spacial score (nSPS) is 15.3. The number of esters is 4. The lowest BCUT2D eigenvalue weighted by Crippen LogP contribution is -2.46. The molecule has 4 aliphatic carbocycles. The fraction of sp³-hybridized carbons (Fsp3) is 0.0909. The molecule has 0 radical (unpaired) electrons. The molecule has 0 aliphatic heterocycles. The number of fused-ring (bicyclic) bond motifs is 6. The molecule has 18 nitrogen and oxygen atoms in total. The molecule has 0 amide bonds. The minimum Gasteiger partial charge on any atom is -0.459 e. The van der Waals surface area contributed by atoms with Crippen molar-refractivity contribution < 1.29 is 47.7 Å². The number of carbonyl (C=O) groups is 6. The third-order valence-electron chi connectivity index (χ3n) is 14.6. The van der Waals surface area contributed by atoms with E-state index >= 15 is 19.2 Å². The number of nitriles is 4. The molecule has 0 fully saturated rings. The second-order valence-corrected chi connectivity index (χ2v) is 21.4. The van der Waals surface area contributed by atoms with Crippen LogP contribution >= 0.6 is 22.7 Å². The summed E-state index contributed by atoms with van der Waals surface area (Å²) < 4.78 is 24.8. The standard InChI is InChI=1S/C66H36N8O10S2/c67-29-41(30-68)47-43-25-13-15-27-45(43)53(75)51(47)71-63-73-57-56(86-63)50-49(65(57,59(77)81-33-37-17-5-1-6-18-37)60(78)82-34-38-19-7-2-8-20-38)55-58(74-64(85-55)72-52-48(42(31-69)32-70)44-26-14-16-28-46(44)54(52)76)66(50,61(79)83-35-39-21-9-3-10-22-39)62(80)84-36-40-23-11-4-12-24-40/h1-28H,33-36H2. The van der Waals surface area contributed by atoms with E-state index in [-0.39, 0.29) is 64.6 Å². The van der Waals surface area contributed by atoms with Crippen LogP contribution in [0, 0.1) is 45.3 Å². The van der Waals surface area contributed by atoms with Gasteiger partial charge in [0.15, 0.2) is 0 Å². The smallest absolute Gasteiger partial charge is 0.334 e. The molecule has 0 bridgehead atoms. The molecule has 0 atom stereocenters. The molecule has 0 saturated heterocycles. The predicted octanol–water partition coefficient (Wildman–Crippen LogP) is 10.5. The molecular weight excluding hydrogens is 1130 g/mol. The second-order valence-electron chi connectivity index (χ2n) is 19.5. The molecule has 20 heteroatoms. The predicted molar refractivity (Wildman–Crippen MR) is 311 cm³/mol. The molecule has 412 valence electrons. The number of rotatable bonds is 14. The number of ether oxygens (including phenoxy) is 4. The molecule has 0 unspecified atom stereocenters. The van der Waals surface area contributed by atoms with Crippen LogP contribution in [0.4, 0.5) is 10.3 Å². The van der Waals surface area contributed by atoms with Crippen LogP contribution in [-0.2, 0) is 75.4 Å². The Bertz CT molecular complexity index is 4160. The Balaban J connectivity index is 1.17. The first-order valence-electron chi connectivity index (χ1n) is 26.2. The van der Waals surface area contributed by atoms with Gasteiger partial charge in [-0.15, -0.1) is 0 Å². The average molecular weight is 1170 g/mol. The minimum absolute atomic E-state index is 0.107. The van der Waals surface area contributed by atoms with Crippen molar-refractivity contribution in [3.05, 3.63) is 247 Å². The van der Waals surface area contributed by atoms with E-state index in [2.05, 4.69) is 0 Å². The number of Topliss-reactive ketones (excluding diaryl/α,β-unsaturated/α-hetero) is 2. The number of hydrogen-bond acceptors (Lipinski definition) is 20. The van der Waals surface area contributed by atoms with Crippen molar-refractivity contribution in [3.8, 4) is 24.3 Å². The van der Waals surface area contributed by atoms with Gasteiger partial charge in [-0.1, -0.05) is 193 Å². The molecule has 12 rings (SSSR count). The van der Waals surface area contributed by atoms with Crippen molar-refractivity contribution in [1.82, 2.24) is 9.97 Å². The van der Waals surface area contributed by atoms with Gasteiger partial charge in [-0.2, -0.15) is 21.0 Å². The first-order chi connectivity index (χ1) is 42.0. The number of benzene rings is 6. The third kappa shape index (κ3) is 8.99. The number of aliphatic imine (C=N–C) groups is 2. The van der Waals surface area contributed by atoms with Crippen molar-refractivity contribution in [3.63, 3.8) is 0 Å². The maximum Gasteiger partial charge on any atom is 0.334 e. The molecular formula is C66H36N8O10S2. The molecule has 4 aliphatic rings. The Morgan fingerprint density at radius 2 is 0.674 bits per heavy atom. The van der Waals surface area contributed by atoms with Gasteiger partial charge in [-0.25, -0.2) is 20.0 Å². The van der Waals surface area contributed by atoms with Crippen molar-refractivity contribution in [2.24, 2.45) is 9.98 Å². The lowest BCUT2D eigenvalue weighted by molar-refractivity contribution is -0.165. The van der Waals surface area contributed by atoms with E-state index < -0.39 is 107 Å². The highest BCUT2D eigenvalue weighted by Gasteiger charge is 2.73. The van der Waals surface area contributed by atoms with E-state index in [9.17, 15) is 30.6 Å².